The molecule has 0 aliphatic carbocycles. The van der Waals surface area contributed by atoms with Crippen LogP contribution in [0.1, 0.15) is 44.9 Å². The molecule has 0 radical (unpaired) electrons. The number of carbonyl (C=O) groups is 4. The SMILES string of the molecule is COC(=O)CNC(=O)C(c1cccc(C)c1)N(CCO)C(=O)C(C)NC(=O)OC(C)(C)C. The number of carbonyl (C=O) groups excluding carboxylic acids is 4. The molecule has 3 amide bonds. The highest BCUT2D eigenvalue weighted by Gasteiger charge is 2.34. The standard InChI is InChI=1S/C22H33N3O7/c1-14-8-7-9-16(12-14)18(19(28)23-13-17(27)31-6)25(10-11-26)20(29)15(2)24-21(30)32-22(3,4)5/h7-9,12,15,18,26H,10-11,13H2,1-6H3,(H,23,28)(H,24,30). The van der Waals surface area contributed by atoms with Crippen LogP contribution in [0.3, 0.4) is 0 Å². The minimum Gasteiger partial charge on any atom is -0.468 e. The summed E-state index contributed by atoms with van der Waals surface area (Å²) in [5.74, 6) is -1.89. The molecule has 0 fully saturated rings. The Morgan fingerprint density at radius 2 is 1.84 bits per heavy atom. The summed E-state index contributed by atoms with van der Waals surface area (Å²) in [7, 11) is 1.19. The third kappa shape index (κ3) is 8.54. The summed E-state index contributed by atoms with van der Waals surface area (Å²) in [6.07, 6.45) is -0.787. The monoisotopic (exact) mass is 451 g/mol. The topological polar surface area (TPSA) is 134 Å². The van der Waals surface area contributed by atoms with Gasteiger partial charge in [-0.2, -0.15) is 0 Å². The minimum atomic E-state index is -1.15. The molecule has 0 aliphatic heterocycles. The van der Waals surface area contributed by atoms with Gasteiger partial charge in [-0.15, -0.1) is 0 Å². The van der Waals surface area contributed by atoms with Crippen LogP contribution < -0.4 is 10.6 Å². The number of rotatable bonds is 9. The molecular formula is C22H33N3O7. The van der Waals surface area contributed by atoms with Crippen LogP contribution in [0.2, 0.25) is 0 Å². The van der Waals surface area contributed by atoms with Crippen molar-refractivity contribution in [3.8, 4) is 0 Å². The van der Waals surface area contributed by atoms with E-state index in [9.17, 15) is 24.3 Å². The van der Waals surface area contributed by atoms with Crippen LogP contribution in [-0.2, 0) is 23.9 Å². The molecule has 0 bridgehead atoms. The zero-order chi connectivity index (χ0) is 24.5. The fourth-order valence-electron chi connectivity index (χ4n) is 2.91. The normalized spacial score (nSPS) is 12.8. The van der Waals surface area contributed by atoms with Crippen molar-refractivity contribution in [3.05, 3.63) is 35.4 Å². The molecule has 2 atom stereocenters. The highest BCUT2D eigenvalue weighted by Crippen LogP contribution is 2.23. The van der Waals surface area contributed by atoms with Crippen molar-refractivity contribution in [2.75, 3.05) is 26.8 Å². The lowest BCUT2D eigenvalue weighted by atomic mass is 10.0. The summed E-state index contributed by atoms with van der Waals surface area (Å²) >= 11 is 0. The average molecular weight is 452 g/mol. The fraction of sp³-hybridized carbons (Fsp3) is 0.545. The zero-order valence-electron chi connectivity index (χ0n) is 19.4. The van der Waals surface area contributed by atoms with Gasteiger partial charge in [-0.05, 0) is 40.2 Å². The number of aliphatic hydroxyl groups is 1. The van der Waals surface area contributed by atoms with Gasteiger partial charge >= 0.3 is 12.1 Å². The molecule has 0 saturated heterocycles. The highest BCUT2D eigenvalue weighted by molar-refractivity contribution is 5.93. The molecule has 10 heteroatoms. The van der Waals surface area contributed by atoms with Gasteiger partial charge in [0.1, 0.15) is 24.2 Å². The van der Waals surface area contributed by atoms with Gasteiger partial charge in [0.15, 0.2) is 0 Å². The number of nitrogens with one attached hydrogen (secondary N) is 2. The summed E-state index contributed by atoms with van der Waals surface area (Å²) in [4.78, 5) is 51.0. The van der Waals surface area contributed by atoms with Crippen LogP contribution in [0, 0.1) is 6.92 Å². The second-order valence-corrected chi connectivity index (χ2v) is 8.23. The first-order chi connectivity index (χ1) is 14.9. The van der Waals surface area contributed by atoms with E-state index in [1.807, 2.05) is 13.0 Å². The summed E-state index contributed by atoms with van der Waals surface area (Å²) in [6, 6.07) is 4.76. The molecule has 0 aliphatic rings. The van der Waals surface area contributed by atoms with Crippen molar-refractivity contribution in [2.24, 2.45) is 0 Å². The Kier molecular flexibility index (Phi) is 10.1. The van der Waals surface area contributed by atoms with Crippen LogP contribution in [0.25, 0.3) is 0 Å². The maximum Gasteiger partial charge on any atom is 0.408 e. The van der Waals surface area contributed by atoms with Gasteiger partial charge < -0.3 is 30.1 Å². The summed E-state index contributed by atoms with van der Waals surface area (Å²) in [5, 5.41) is 14.5. The quantitative estimate of drug-likeness (QED) is 0.478. The van der Waals surface area contributed by atoms with Crippen LogP contribution in [0.5, 0.6) is 0 Å². The van der Waals surface area contributed by atoms with E-state index in [0.29, 0.717) is 5.56 Å². The van der Waals surface area contributed by atoms with Crippen LogP contribution >= 0.6 is 0 Å². The maximum absolute atomic E-state index is 13.2. The number of aliphatic hydroxyl groups excluding tert-OH is 1. The molecular weight excluding hydrogens is 418 g/mol. The number of alkyl carbamates (subject to hydrolysis) is 1. The maximum atomic E-state index is 13.2. The Morgan fingerprint density at radius 1 is 1.19 bits per heavy atom. The summed E-state index contributed by atoms with van der Waals surface area (Å²) in [6.45, 7) is 7.38. The molecule has 2 unspecified atom stereocenters. The second kappa shape index (κ2) is 12.0. The molecule has 178 valence electrons. The molecule has 0 aromatic heterocycles. The fourth-order valence-corrected chi connectivity index (χ4v) is 2.91. The molecule has 32 heavy (non-hydrogen) atoms. The van der Waals surface area contributed by atoms with Gasteiger partial charge in [-0.3, -0.25) is 14.4 Å². The number of ether oxygens (including phenoxy) is 2. The lowest BCUT2D eigenvalue weighted by Crippen LogP contribution is -2.53. The highest BCUT2D eigenvalue weighted by atomic mass is 16.6. The van der Waals surface area contributed by atoms with Gasteiger partial charge in [0.25, 0.3) is 0 Å². The molecule has 3 N–H and O–H groups in total. The average Bonchev–Trinajstić information content (AvgIpc) is 2.69. The lowest BCUT2D eigenvalue weighted by molar-refractivity contribution is -0.145. The molecule has 0 saturated carbocycles. The molecule has 0 spiro atoms. The number of nitrogens with zero attached hydrogens (tertiary/aromatic N) is 1. The zero-order valence-corrected chi connectivity index (χ0v) is 19.4. The van der Waals surface area contributed by atoms with E-state index in [0.717, 1.165) is 10.5 Å². The van der Waals surface area contributed by atoms with E-state index < -0.39 is 48.2 Å². The van der Waals surface area contributed by atoms with Crippen molar-refractivity contribution in [3.63, 3.8) is 0 Å². The van der Waals surface area contributed by atoms with Gasteiger partial charge in [0.2, 0.25) is 11.8 Å². The van der Waals surface area contributed by atoms with E-state index in [1.165, 1.54) is 14.0 Å². The molecule has 1 rings (SSSR count). The van der Waals surface area contributed by atoms with Gasteiger partial charge in [0.05, 0.1) is 13.7 Å². The Hall–Kier alpha value is -3.14. The predicted octanol–water partition coefficient (Wildman–Crippen LogP) is 1.06. The van der Waals surface area contributed by atoms with Crippen molar-refractivity contribution >= 4 is 23.9 Å². The summed E-state index contributed by atoms with van der Waals surface area (Å²) < 4.78 is 9.73. The Morgan fingerprint density at radius 3 is 2.38 bits per heavy atom. The first-order valence-electron chi connectivity index (χ1n) is 10.2. The Balaban J connectivity index is 3.22. The third-order valence-electron chi connectivity index (χ3n) is 4.28. The molecule has 1 aromatic rings. The molecule has 1 aromatic carbocycles. The van der Waals surface area contributed by atoms with Crippen molar-refractivity contribution in [2.45, 2.75) is 52.3 Å². The van der Waals surface area contributed by atoms with Gasteiger partial charge in [-0.25, -0.2) is 4.79 Å². The summed E-state index contributed by atoms with van der Waals surface area (Å²) in [5.41, 5.74) is 0.582. The molecule has 10 nitrogen and oxygen atoms in total. The number of benzene rings is 1. The number of amides is 3. The van der Waals surface area contributed by atoms with E-state index in [2.05, 4.69) is 15.4 Å². The van der Waals surface area contributed by atoms with Gasteiger partial charge in [-0.1, -0.05) is 29.8 Å². The van der Waals surface area contributed by atoms with Crippen molar-refractivity contribution < 1.29 is 33.8 Å². The van der Waals surface area contributed by atoms with E-state index in [-0.39, 0.29) is 13.1 Å². The Labute approximate surface area is 188 Å². The minimum absolute atomic E-state index is 0.177. The van der Waals surface area contributed by atoms with Crippen molar-refractivity contribution in [1.29, 1.82) is 0 Å². The number of aryl methyl sites for hydroxylation is 1. The Bertz CT molecular complexity index is 820. The first kappa shape index (κ1) is 26.9. The lowest BCUT2D eigenvalue weighted by Gasteiger charge is -2.33. The van der Waals surface area contributed by atoms with Crippen molar-refractivity contribution in [1.82, 2.24) is 15.5 Å². The number of hydrogen-bond donors (Lipinski definition) is 3. The second-order valence-electron chi connectivity index (χ2n) is 8.23. The first-order valence-corrected chi connectivity index (χ1v) is 10.2. The van der Waals surface area contributed by atoms with Crippen LogP contribution in [0.15, 0.2) is 24.3 Å². The van der Waals surface area contributed by atoms with E-state index >= 15 is 0 Å². The predicted molar refractivity (Wildman–Crippen MR) is 117 cm³/mol. The molecule has 0 heterocycles. The smallest absolute Gasteiger partial charge is 0.408 e. The van der Waals surface area contributed by atoms with Crippen LogP contribution in [-0.4, -0.2) is 72.3 Å². The van der Waals surface area contributed by atoms with Crippen LogP contribution in [0.4, 0.5) is 4.79 Å². The number of hydrogen-bond acceptors (Lipinski definition) is 7. The number of esters is 1. The van der Waals surface area contributed by atoms with E-state index in [1.54, 1.807) is 39.0 Å². The third-order valence-corrected chi connectivity index (χ3v) is 4.28. The van der Waals surface area contributed by atoms with E-state index in [4.69, 9.17) is 4.74 Å². The van der Waals surface area contributed by atoms with Gasteiger partial charge in [0, 0.05) is 6.54 Å². The number of methoxy groups -OCH3 is 1. The largest absolute Gasteiger partial charge is 0.468 e.